The van der Waals surface area contributed by atoms with Gasteiger partial charge in [-0.15, -0.1) is 11.3 Å². The third-order valence-electron chi connectivity index (χ3n) is 1.24. The van der Waals surface area contributed by atoms with Gasteiger partial charge in [-0.25, -0.2) is 0 Å². The summed E-state index contributed by atoms with van der Waals surface area (Å²) in [5.41, 5.74) is 5.89. The molecule has 1 aromatic heterocycles. The topological polar surface area (TPSA) is 92.4 Å². The van der Waals surface area contributed by atoms with Crippen molar-refractivity contribution in [3.8, 4) is 0 Å². The fourth-order valence-electron chi connectivity index (χ4n) is 0.713. The zero-order valence-electron chi connectivity index (χ0n) is 6.61. The van der Waals surface area contributed by atoms with E-state index in [0.717, 1.165) is 0 Å². The number of amides is 1. The molecule has 1 heterocycles. The van der Waals surface area contributed by atoms with Gasteiger partial charge in [-0.05, 0) is 6.07 Å². The molecule has 0 unspecified atom stereocenters. The number of carbonyl (C=O) groups excluding carboxylic acids is 1. The largest absolute Gasteiger partial charge is 0.480 e. The van der Waals surface area contributed by atoms with Gasteiger partial charge in [0.1, 0.15) is 6.54 Å². The van der Waals surface area contributed by atoms with Gasteiger partial charge in [-0.2, -0.15) is 0 Å². The zero-order valence-corrected chi connectivity index (χ0v) is 7.43. The molecular formula is C7H8N2O3S. The van der Waals surface area contributed by atoms with E-state index in [-0.39, 0.29) is 6.54 Å². The lowest BCUT2D eigenvalue weighted by Crippen LogP contribution is -2.28. The van der Waals surface area contributed by atoms with Gasteiger partial charge < -0.3 is 16.2 Å². The summed E-state index contributed by atoms with van der Waals surface area (Å²) in [4.78, 5) is 21.7. The van der Waals surface area contributed by atoms with E-state index < -0.39 is 11.9 Å². The number of anilines is 1. The highest BCUT2D eigenvalue weighted by molar-refractivity contribution is 7.12. The third-order valence-corrected chi connectivity index (χ3v) is 2.19. The monoisotopic (exact) mass is 200 g/mol. The van der Waals surface area contributed by atoms with Crippen molar-refractivity contribution in [2.75, 3.05) is 12.3 Å². The molecule has 5 nitrogen and oxygen atoms in total. The van der Waals surface area contributed by atoms with Gasteiger partial charge in [0.2, 0.25) is 0 Å². The molecule has 0 atom stereocenters. The summed E-state index contributed by atoms with van der Waals surface area (Å²) in [5, 5.41) is 12.1. The van der Waals surface area contributed by atoms with Crippen molar-refractivity contribution in [2.24, 2.45) is 0 Å². The van der Waals surface area contributed by atoms with Crippen molar-refractivity contribution >= 4 is 28.9 Å². The number of aliphatic carboxylic acids is 1. The minimum Gasteiger partial charge on any atom is -0.480 e. The Morgan fingerprint density at radius 2 is 2.31 bits per heavy atom. The Labute approximate surface area is 78.2 Å². The molecule has 0 radical (unpaired) electrons. The number of hydrogen-bond donors (Lipinski definition) is 3. The molecule has 0 aliphatic heterocycles. The van der Waals surface area contributed by atoms with Crippen LogP contribution >= 0.6 is 11.3 Å². The van der Waals surface area contributed by atoms with Gasteiger partial charge in [0.05, 0.1) is 4.88 Å². The van der Waals surface area contributed by atoms with Crippen LogP contribution in [0.4, 0.5) is 5.69 Å². The second-order valence-corrected chi connectivity index (χ2v) is 3.23. The smallest absolute Gasteiger partial charge is 0.322 e. The lowest BCUT2D eigenvalue weighted by Gasteiger charge is -1.97. The van der Waals surface area contributed by atoms with Gasteiger partial charge >= 0.3 is 5.97 Å². The third kappa shape index (κ3) is 2.75. The average Bonchev–Trinajstić information content (AvgIpc) is 2.47. The van der Waals surface area contributed by atoms with Crippen molar-refractivity contribution in [1.29, 1.82) is 0 Å². The number of nitrogens with one attached hydrogen (secondary N) is 1. The summed E-state index contributed by atoms with van der Waals surface area (Å²) in [5.74, 6) is -1.48. The number of rotatable bonds is 3. The van der Waals surface area contributed by atoms with Crippen molar-refractivity contribution in [1.82, 2.24) is 5.32 Å². The van der Waals surface area contributed by atoms with E-state index >= 15 is 0 Å². The molecule has 0 aliphatic rings. The minimum atomic E-state index is -1.07. The van der Waals surface area contributed by atoms with E-state index in [2.05, 4.69) is 5.32 Å². The maximum Gasteiger partial charge on any atom is 0.322 e. The Balaban J connectivity index is 2.54. The predicted octanol–water partition coefficient (Wildman–Crippen LogP) is 0.145. The first-order valence-electron chi connectivity index (χ1n) is 3.43. The minimum absolute atomic E-state index is 0.378. The number of thiophene rings is 1. The summed E-state index contributed by atoms with van der Waals surface area (Å²) in [6, 6.07) is 1.50. The fraction of sp³-hybridized carbons (Fsp3) is 0.143. The van der Waals surface area contributed by atoms with Crippen LogP contribution in [0.5, 0.6) is 0 Å². The number of carbonyl (C=O) groups is 2. The van der Waals surface area contributed by atoms with E-state index in [0.29, 0.717) is 10.6 Å². The van der Waals surface area contributed by atoms with Crippen LogP contribution in [-0.4, -0.2) is 23.5 Å². The summed E-state index contributed by atoms with van der Waals surface area (Å²) < 4.78 is 0. The van der Waals surface area contributed by atoms with Crippen LogP contribution in [-0.2, 0) is 4.79 Å². The SMILES string of the molecule is Nc1csc(C(=O)NCC(=O)O)c1. The molecule has 1 amide bonds. The van der Waals surface area contributed by atoms with Gasteiger partial charge in [0.25, 0.3) is 5.91 Å². The Morgan fingerprint density at radius 3 is 2.77 bits per heavy atom. The summed E-state index contributed by atoms with van der Waals surface area (Å²) in [7, 11) is 0. The molecule has 0 bridgehead atoms. The molecule has 1 aromatic rings. The molecule has 1 rings (SSSR count). The second-order valence-electron chi connectivity index (χ2n) is 2.32. The standard InChI is InChI=1S/C7H8N2O3S/c8-4-1-5(13-3-4)7(12)9-2-6(10)11/h1,3H,2,8H2,(H,9,12)(H,10,11). The highest BCUT2D eigenvalue weighted by Crippen LogP contribution is 2.15. The Hall–Kier alpha value is -1.56. The highest BCUT2D eigenvalue weighted by atomic mass is 32.1. The second kappa shape index (κ2) is 3.90. The molecule has 6 heteroatoms. The maximum absolute atomic E-state index is 11.1. The molecule has 0 aromatic carbocycles. The molecule has 0 saturated carbocycles. The Bertz CT molecular complexity index is 334. The van der Waals surface area contributed by atoms with Crippen LogP contribution in [0.25, 0.3) is 0 Å². The van der Waals surface area contributed by atoms with E-state index in [1.807, 2.05) is 0 Å². The molecule has 70 valence electrons. The van der Waals surface area contributed by atoms with E-state index in [1.54, 1.807) is 5.38 Å². The Kier molecular flexibility index (Phi) is 2.86. The number of nitrogen functional groups attached to an aromatic ring is 1. The van der Waals surface area contributed by atoms with Crippen LogP contribution < -0.4 is 11.1 Å². The van der Waals surface area contributed by atoms with Crippen LogP contribution in [0, 0.1) is 0 Å². The quantitative estimate of drug-likeness (QED) is 0.647. The molecule has 13 heavy (non-hydrogen) atoms. The predicted molar refractivity (Wildman–Crippen MR) is 48.7 cm³/mol. The van der Waals surface area contributed by atoms with Gasteiger partial charge in [-0.1, -0.05) is 0 Å². The van der Waals surface area contributed by atoms with E-state index in [4.69, 9.17) is 10.8 Å². The van der Waals surface area contributed by atoms with Crippen LogP contribution in [0.1, 0.15) is 9.67 Å². The lowest BCUT2D eigenvalue weighted by molar-refractivity contribution is -0.135. The highest BCUT2D eigenvalue weighted by Gasteiger charge is 2.08. The molecule has 0 fully saturated rings. The normalized spacial score (nSPS) is 9.54. The van der Waals surface area contributed by atoms with Gasteiger partial charge in [0.15, 0.2) is 0 Å². The van der Waals surface area contributed by atoms with Crippen molar-refractivity contribution < 1.29 is 14.7 Å². The van der Waals surface area contributed by atoms with Crippen LogP contribution in [0.3, 0.4) is 0 Å². The summed E-state index contributed by atoms with van der Waals surface area (Å²) >= 11 is 1.18. The van der Waals surface area contributed by atoms with Gasteiger partial charge in [0, 0.05) is 11.1 Å². The van der Waals surface area contributed by atoms with E-state index in [1.165, 1.54) is 17.4 Å². The van der Waals surface area contributed by atoms with Gasteiger partial charge in [-0.3, -0.25) is 9.59 Å². The van der Waals surface area contributed by atoms with Crippen LogP contribution in [0.15, 0.2) is 11.4 Å². The zero-order chi connectivity index (χ0) is 9.84. The average molecular weight is 200 g/mol. The molecule has 0 aliphatic carbocycles. The molecular weight excluding hydrogens is 192 g/mol. The fourth-order valence-corrected chi connectivity index (χ4v) is 1.43. The number of carboxylic acid groups (broad SMARTS) is 1. The summed E-state index contributed by atoms with van der Waals surface area (Å²) in [6.45, 7) is -0.378. The maximum atomic E-state index is 11.1. The number of carboxylic acids is 1. The first kappa shape index (κ1) is 9.53. The molecule has 0 saturated heterocycles. The molecule has 4 N–H and O–H groups in total. The van der Waals surface area contributed by atoms with Crippen molar-refractivity contribution in [3.05, 3.63) is 16.3 Å². The summed E-state index contributed by atoms with van der Waals surface area (Å²) in [6.07, 6.45) is 0. The van der Waals surface area contributed by atoms with E-state index in [9.17, 15) is 9.59 Å². The van der Waals surface area contributed by atoms with Crippen molar-refractivity contribution in [2.45, 2.75) is 0 Å². The Morgan fingerprint density at radius 1 is 1.62 bits per heavy atom. The van der Waals surface area contributed by atoms with Crippen molar-refractivity contribution in [3.63, 3.8) is 0 Å². The number of hydrogen-bond acceptors (Lipinski definition) is 4. The number of nitrogens with two attached hydrogens (primary N) is 1. The lowest BCUT2D eigenvalue weighted by atomic mass is 10.4. The molecule has 0 spiro atoms. The van der Waals surface area contributed by atoms with Crippen LogP contribution in [0.2, 0.25) is 0 Å². The first-order chi connectivity index (χ1) is 6.09. The first-order valence-corrected chi connectivity index (χ1v) is 4.31.